The van der Waals surface area contributed by atoms with Crippen molar-refractivity contribution in [1.82, 2.24) is 0 Å². The zero-order valence-electron chi connectivity index (χ0n) is 11.4. The maximum atomic E-state index is 5.79. The number of rotatable bonds is 2. The molecule has 2 nitrogen and oxygen atoms in total. The Bertz CT molecular complexity index is 419. The van der Waals surface area contributed by atoms with E-state index in [0.29, 0.717) is 18.2 Å². The maximum absolute atomic E-state index is 5.79. The normalized spacial score (nSPS) is 31.1. The molecule has 1 heterocycles. The number of ether oxygens (including phenoxy) is 1. The van der Waals surface area contributed by atoms with Crippen LogP contribution in [0, 0.1) is 0 Å². The van der Waals surface area contributed by atoms with Crippen molar-refractivity contribution in [3.8, 4) is 0 Å². The van der Waals surface area contributed by atoms with E-state index in [-0.39, 0.29) is 0 Å². The molecule has 2 unspecified atom stereocenters. The Morgan fingerprint density at radius 1 is 1.06 bits per heavy atom. The van der Waals surface area contributed by atoms with Gasteiger partial charge in [0.15, 0.2) is 0 Å². The highest BCUT2D eigenvalue weighted by Gasteiger charge is 2.24. The number of fused-ring (bicyclic) bond motifs is 1. The van der Waals surface area contributed by atoms with Gasteiger partial charge >= 0.3 is 0 Å². The van der Waals surface area contributed by atoms with Crippen LogP contribution >= 0.6 is 0 Å². The summed E-state index contributed by atoms with van der Waals surface area (Å²) in [6.45, 7) is 4.35. The smallest absolute Gasteiger partial charge is 0.0570 e. The fourth-order valence-corrected chi connectivity index (χ4v) is 3.42. The number of hydrogen-bond acceptors (Lipinski definition) is 2. The molecule has 1 N–H and O–H groups in total. The van der Waals surface area contributed by atoms with Crippen molar-refractivity contribution in [3.05, 3.63) is 29.3 Å². The van der Waals surface area contributed by atoms with Crippen LogP contribution in [0.5, 0.6) is 0 Å². The highest BCUT2D eigenvalue weighted by atomic mass is 16.5. The average Bonchev–Trinajstić information content (AvgIpc) is 2.74. The Hall–Kier alpha value is -1.02. The first kappa shape index (κ1) is 12.0. The van der Waals surface area contributed by atoms with Crippen LogP contribution in [-0.4, -0.2) is 18.2 Å². The van der Waals surface area contributed by atoms with E-state index in [1.807, 2.05) is 0 Å². The van der Waals surface area contributed by atoms with Gasteiger partial charge < -0.3 is 10.1 Å². The Balaban J connectivity index is 1.69. The lowest BCUT2D eigenvalue weighted by Gasteiger charge is -2.33. The molecule has 0 radical (unpaired) electrons. The van der Waals surface area contributed by atoms with Crippen molar-refractivity contribution in [3.63, 3.8) is 0 Å². The monoisotopic (exact) mass is 245 g/mol. The zero-order valence-corrected chi connectivity index (χ0v) is 11.4. The Morgan fingerprint density at radius 2 is 1.78 bits per heavy atom. The first-order valence-electron chi connectivity index (χ1n) is 7.24. The molecule has 18 heavy (non-hydrogen) atoms. The molecule has 1 aromatic rings. The number of nitrogens with one attached hydrogen (secondary N) is 1. The maximum Gasteiger partial charge on any atom is 0.0570 e. The first-order valence-corrected chi connectivity index (χ1v) is 7.24. The minimum Gasteiger partial charge on any atom is -0.382 e. The second-order valence-electron chi connectivity index (χ2n) is 5.91. The number of aryl methyl sites for hydroxylation is 2. The third-order valence-corrected chi connectivity index (χ3v) is 4.17. The predicted molar refractivity (Wildman–Crippen MR) is 75.1 cm³/mol. The van der Waals surface area contributed by atoms with Crippen LogP contribution in [0.4, 0.5) is 5.69 Å². The molecule has 0 amide bonds. The standard InChI is InChI=1S/C16H23NO/c1-11-8-16(9-12(2)18-11)17-15-7-6-13-4-3-5-14(13)10-15/h6-7,10-12,16-17H,3-5,8-9H2,1-2H3. The molecule has 0 saturated carbocycles. The van der Waals surface area contributed by atoms with Crippen molar-refractivity contribution < 1.29 is 4.74 Å². The quantitative estimate of drug-likeness (QED) is 0.860. The molecule has 3 rings (SSSR count). The minimum absolute atomic E-state index is 0.376. The van der Waals surface area contributed by atoms with Gasteiger partial charge in [0, 0.05) is 11.7 Å². The number of hydrogen-bond donors (Lipinski definition) is 1. The molecule has 98 valence electrons. The molecule has 1 aromatic carbocycles. The highest BCUT2D eigenvalue weighted by Crippen LogP contribution is 2.27. The fraction of sp³-hybridized carbons (Fsp3) is 0.625. The molecule has 0 spiro atoms. The van der Waals surface area contributed by atoms with E-state index in [2.05, 4.69) is 37.4 Å². The lowest BCUT2D eigenvalue weighted by Crippen LogP contribution is -2.36. The molecule has 0 bridgehead atoms. The largest absolute Gasteiger partial charge is 0.382 e. The lowest BCUT2D eigenvalue weighted by molar-refractivity contribution is -0.0337. The SMILES string of the molecule is CC1CC(Nc2ccc3c(c2)CCC3)CC(C)O1. The van der Waals surface area contributed by atoms with E-state index >= 15 is 0 Å². The summed E-state index contributed by atoms with van der Waals surface area (Å²) in [5, 5.41) is 3.69. The molecule has 2 atom stereocenters. The van der Waals surface area contributed by atoms with E-state index in [4.69, 9.17) is 4.74 Å². The number of benzene rings is 1. The molecule has 2 aliphatic rings. The Kier molecular flexibility index (Phi) is 3.29. The van der Waals surface area contributed by atoms with Crippen LogP contribution in [0.2, 0.25) is 0 Å². The summed E-state index contributed by atoms with van der Waals surface area (Å²) in [5.74, 6) is 0. The summed E-state index contributed by atoms with van der Waals surface area (Å²) >= 11 is 0. The molecule has 1 aliphatic carbocycles. The van der Waals surface area contributed by atoms with Crippen LogP contribution in [-0.2, 0) is 17.6 Å². The summed E-state index contributed by atoms with van der Waals surface area (Å²) in [4.78, 5) is 0. The van der Waals surface area contributed by atoms with Gasteiger partial charge in [0.2, 0.25) is 0 Å². The van der Waals surface area contributed by atoms with Gasteiger partial charge in [-0.3, -0.25) is 0 Å². The van der Waals surface area contributed by atoms with Gasteiger partial charge in [0.05, 0.1) is 12.2 Å². The number of anilines is 1. The Labute approximate surface area is 110 Å². The zero-order chi connectivity index (χ0) is 12.5. The van der Waals surface area contributed by atoms with Crippen molar-refractivity contribution in [2.24, 2.45) is 0 Å². The van der Waals surface area contributed by atoms with Crippen LogP contribution in [0.25, 0.3) is 0 Å². The molecule has 1 aliphatic heterocycles. The average molecular weight is 245 g/mol. The summed E-state index contributed by atoms with van der Waals surface area (Å²) in [5.41, 5.74) is 4.39. The van der Waals surface area contributed by atoms with E-state index in [1.54, 1.807) is 11.1 Å². The Morgan fingerprint density at radius 3 is 2.56 bits per heavy atom. The van der Waals surface area contributed by atoms with Gasteiger partial charge in [0.25, 0.3) is 0 Å². The summed E-state index contributed by atoms with van der Waals surface area (Å²) in [6, 6.07) is 7.46. The van der Waals surface area contributed by atoms with Gasteiger partial charge in [-0.15, -0.1) is 0 Å². The van der Waals surface area contributed by atoms with E-state index in [1.165, 1.54) is 24.9 Å². The molecule has 1 fully saturated rings. The second-order valence-corrected chi connectivity index (χ2v) is 5.91. The van der Waals surface area contributed by atoms with Gasteiger partial charge in [-0.2, -0.15) is 0 Å². The fourth-order valence-electron chi connectivity index (χ4n) is 3.42. The van der Waals surface area contributed by atoms with E-state index < -0.39 is 0 Å². The van der Waals surface area contributed by atoms with Gasteiger partial charge in [0.1, 0.15) is 0 Å². The molecular weight excluding hydrogens is 222 g/mol. The van der Waals surface area contributed by atoms with Crippen molar-refractivity contribution in [2.45, 2.75) is 64.2 Å². The van der Waals surface area contributed by atoms with Crippen molar-refractivity contribution in [1.29, 1.82) is 0 Å². The van der Waals surface area contributed by atoms with Crippen LogP contribution in [0.1, 0.15) is 44.2 Å². The van der Waals surface area contributed by atoms with Crippen LogP contribution < -0.4 is 5.32 Å². The van der Waals surface area contributed by atoms with Crippen molar-refractivity contribution >= 4 is 5.69 Å². The minimum atomic E-state index is 0.376. The summed E-state index contributed by atoms with van der Waals surface area (Å²) in [6.07, 6.45) is 6.82. The van der Waals surface area contributed by atoms with E-state index in [9.17, 15) is 0 Å². The molecule has 0 aromatic heterocycles. The van der Waals surface area contributed by atoms with Gasteiger partial charge in [-0.05, 0) is 69.2 Å². The van der Waals surface area contributed by atoms with Gasteiger partial charge in [-0.25, -0.2) is 0 Å². The van der Waals surface area contributed by atoms with Crippen LogP contribution in [0.3, 0.4) is 0 Å². The molecule has 1 saturated heterocycles. The molecule has 2 heteroatoms. The van der Waals surface area contributed by atoms with E-state index in [0.717, 1.165) is 12.8 Å². The summed E-state index contributed by atoms with van der Waals surface area (Å²) in [7, 11) is 0. The second kappa shape index (κ2) is 4.93. The third kappa shape index (κ3) is 2.54. The van der Waals surface area contributed by atoms with Gasteiger partial charge in [-0.1, -0.05) is 6.07 Å². The summed E-state index contributed by atoms with van der Waals surface area (Å²) < 4.78 is 5.79. The van der Waals surface area contributed by atoms with Crippen LogP contribution in [0.15, 0.2) is 18.2 Å². The first-order chi connectivity index (χ1) is 8.70. The predicted octanol–water partition coefficient (Wildman–Crippen LogP) is 3.54. The lowest BCUT2D eigenvalue weighted by atomic mass is 9.99. The topological polar surface area (TPSA) is 21.3 Å². The third-order valence-electron chi connectivity index (χ3n) is 4.17. The molecular formula is C16H23NO. The highest BCUT2D eigenvalue weighted by molar-refractivity contribution is 5.50. The van der Waals surface area contributed by atoms with Crippen molar-refractivity contribution in [2.75, 3.05) is 5.32 Å².